The van der Waals surface area contributed by atoms with Gasteiger partial charge in [0.2, 0.25) is 0 Å². The molecule has 0 amide bonds. The van der Waals surface area contributed by atoms with E-state index in [0.717, 1.165) is 22.7 Å². The van der Waals surface area contributed by atoms with Gasteiger partial charge in [-0.15, -0.1) is 0 Å². The molecule has 0 aromatic heterocycles. The zero-order valence-corrected chi connectivity index (χ0v) is 12.8. The molecule has 0 bridgehead atoms. The van der Waals surface area contributed by atoms with E-state index in [1.807, 2.05) is 24.3 Å². The highest BCUT2D eigenvalue weighted by atomic mass is 35.5. The molecule has 1 N–H and O–H groups in total. The van der Waals surface area contributed by atoms with Gasteiger partial charge in [0.1, 0.15) is 0 Å². The maximum absolute atomic E-state index is 6.17. The van der Waals surface area contributed by atoms with Crippen LogP contribution in [-0.2, 0) is 17.7 Å². The van der Waals surface area contributed by atoms with Gasteiger partial charge in [-0.2, -0.15) is 0 Å². The summed E-state index contributed by atoms with van der Waals surface area (Å²) in [6, 6.07) is 13.7. The molecule has 2 rings (SSSR count). The minimum Gasteiger partial charge on any atom is -0.384 e. The van der Waals surface area contributed by atoms with Gasteiger partial charge in [-0.1, -0.05) is 41.4 Å². The monoisotopic (exact) mass is 309 g/mol. The molecule has 106 valence electrons. The number of halogens is 2. The highest BCUT2D eigenvalue weighted by Gasteiger charge is 2.04. The first-order valence-electron chi connectivity index (χ1n) is 6.45. The maximum atomic E-state index is 6.17. The molecule has 0 spiro atoms. The standard InChI is InChI=1S/C16H17Cl2NO/c1-20-9-8-12-4-2-3-5-16(12)19-11-13-10-14(17)6-7-15(13)18/h2-7,10,19H,8-9,11H2,1H3. The van der Waals surface area contributed by atoms with Gasteiger partial charge in [-0.3, -0.25) is 0 Å². The molecule has 2 aromatic carbocycles. The lowest BCUT2D eigenvalue weighted by Crippen LogP contribution is -2.04. The maximum Gasteiger partial charge on any atom is 0.0503 e. The van der Waals surface area contributed by atoms with E-state index in [9.17, 15) is 0 Å². The first-order chi connectivity index (χ1) is 9.70. The van der Waals surface area contributed by atoms with Crippen LogP contribution in [0.5, 0.6) is 0 Å². The molecule has 4 heteroatoms. The SMILES string of the molecule is COCCc1ccccc1NCc1cc(Cl)ccc1Cl. The average molecular weight is 310 g/mol. The van der Waals surface area contributed by atoms with E-state index >= 15 is 0 Å². The van der Waals surface area contributed by atoms with Crippen molar-refractivity contribution in [3.63, 3.8) is 0 Å². The lowest BCUT2D eigenvalue weighted by molar-refractivity contribution is 0.202. The van der Waals surface area contributed by atoms with Crippen molar-refractivity contribution in [1.82, 2.24) is 0 Å². The number of hydrogen-bond acceptors (Lipinski definition) is 2. The van der Waals surface area contributed by atoms with Crippen LogP contribution in [0.2, 0.25) is 10.0 Å². The Bertz CT molecular complexity index is 572. The molecule has 2 nitrogen and oxygen atoms in total. The Morgan fingerprint density at radius 1 is 1.05 bits per heavy atom. The largest absolute Gasteiger partial charge is 0.384 e. The number of rotatable bonds is 6. The van der Waals surface area contributed by atoms with Gasteiger partial charge in [0, 0.05) is 29.4 Å². The van der Waals surface area contributed by atoms with E-state index in [2.05, 4.69) is 17.4 Å². The Morgan fingerprint density at radius 2 is 1.85 bits per heavy atom. The highest BCUT2D eigenvalue weighted by molar-refractivity contribution is 6.33. The first-order valence-corrected chi connectivity index (χ1v) is 7.21. The van der Waals surface area contributed by atoms with Crippen LogP contribution in [0.1, 0.15) is 11.1 Å². The van der Waals surface area contributed by atoms with Crippen LogP contribution in [0.3, 0.4) is 0 Å². The Kier molecular flexibility index (Phi) is 5.72. The van der Waals surface area contributed by atoms with Crippen molar-refractivity contribution in [2.24, 2.45) is 0 Å². The number of nitrogens with one attached hydrogen (secondary N) is 1. The third-order valence-corrected chi connectivity index (χ3v) is 3.67. The molecule has 0 unspecified atom stereocenters. The number of methoxy groups -OCH3 is 1. The molecule has 0 aliphatic rings. The minimum absolute atomic E-state index is 0.642. The molecular weight excluding hydrogens is 293 g/mol. The topological polar surface area (TPSA) is 21.3 Å². The lowest BCUT2D eigenvalue weighted by Gasteiger charge is -2.13. The fourth-order valence-corrected chi connectivity index (χ4v) is 2.37. The summed E-state index contributed by atoms with van der Waals surface area (Å²) in [4.78, 5) is 0. The second-order valence-corrected chi connectivity index (χ2v) is 5.33. The second-order valence-electron chi connectivity index (χ2n) is 4.49. The van der Waals surface area contributed by atoms with Gasteiger partial charge in [0.15, 0.2) is 0 Å². The minimum atomic E-state index is 0.642. The summed E-state index contributed by atoms with van der Waals surface area (Å²) in [5.74, 6) is 0. The molecule has 2 aromatic rings. The highest BCUT2D eigenvalue weighted by Crippen LogP contribution is 2.23. The van der Waals surface area contributed by atoms with E-state index < -0.39 is 0 Å². The van der Waals surface area contributed by atoms with Crippen LogP contribution >= 0.6 is 23.2 Å². The van der Waals surface area contributed by atoms with Crippen molar-refractivity contribution in [2.45, 2.75) is 13.0 Å². The smallest absolute Gasteiger partial charge is 0.0503 e. The van der Waals surface area contributed by atoms with Gasteiger partial charge >= 0.3 is 0 Å². The third kappa shape index (κ3) is 4.14. The number of ether oxygens (including phenoxy) is 1. The van der Waals surface area contributed by atoms with Crippen molar-refractivity contribution in [3.8, 4) is 0 Å². The molecule has 0 saturated carbocycles. The number of para-hydroxylation sites is 1. The van der Waals surface area contributed by atoms with Gasteiger partial charge in [-0.25, -0.2) is 0 Å². The van der Waals surface area contributed by atoms with E-state index in [1.165, 1.54) is 5.56 Å². The molecule has 0 heterocycles. The van der Waals surface area contributed by atoms with Crippen LogP contribution < -0.4 is 5.32 Å². The average Bonchev–Trinajstić information content (AvgIpc) is 2.47. The summed E-state index contributed by atoms with van der Waals surface area (Å²) < 4.78 is 5.13. The Balaban J connectivity index is 2.08. The molecule has 0 fully saturated rings. The van der Waals surface area contributed by atoms with E-state index in [4.69, 9.17) is 27.9 Å². The normalized spacial score (nSPS) is 10.6. The molecule has 0 aliphatic carbocycles. The Morgan fingerprint density at radius 3 is 2.65 bits per heavy atom. The van der Waals surface area contributed by atoms with Gasteiger partial charge in [0.05, 0.1) is 6.61 Å². The Hall–Kier alpha value is -1.22. The molecule has 20 heavy (non-hydrogen) atoms. The molecular formula is C16H17Cl2NO. The first kappa shape index (κ1) is 15.2. The molecule has 0 radical (unpaired) electrons. The van der Waals surface area contributed by atoms with Crippen LogP contribution in [0, 0.1) is 0 Å². The molecule has 0 saturated heterocycles. The summed E-state index contributed by atoms with van der Waals surface area (Å²) in [6.07, 6.45) is 0.878. The zero-order chi connectivity index (χ0) is 14.4. The number of hydrogen-bond donors (Lipinski definition) is 1. The summed E-state index contributed by atoms with van der Waals surface area (Å²) >= 11 is 12.2. The Labute approximate surface area is 129 Å². The summed E-state index contributed by atoms with van der Waals surface area (Å²) in [7, 11) is 1.71. The van der Waals surface area contributed by atoms with E-state index in [1.54, 1.807) is 13.2 Å². The van der Waals surface area contributed by atoms with Gasteiger partial charge < -0.3 is 10.1 Å². The van der Waals surface area contributed by atoms with Crippen LogP contribution in [0.25, 0.3) is 0 Å². The van der Waals surface area contributed by atoms with Gasteiger partial charge in [0.25, 0.3) is 0 Å². The number of anilines is 1. The van der Waals surface area contributed by atoms with Crippen molar-refractivity contribution in [3.05, 3.63) is 63.6 Å². The molecule has 0 aliphatic heterocycles. The van der Waals surface area contributed by atoms with E-state index in [0.29, 0.717) is 18.2 Å². The van der Waals surface area contributed by atoms with Crippen molar-refractivity contribution in [2.75, 3.05) is 19.0 Å². The summed E-state index contributed by atoms with van der Waals surface area (Å²) in [5, 5.41) is 4.82. The predicted octanol–water partition coefficient (Wildman–Crippen LogP) is 4.79. The fraction of sp³-hybridized carbons (Fsp3) is 0.250. The van der Waals surface area contributed by atoms with Crippen LogP contribution in [0.4, 0.5) is 5.69 Å². The summed E-state index contributed by atoms with van der Waals surface area (Å²) in [5.41, 5.74) is 3.31. The predicted molar refractivity (Wildman–Crippen MR) is 85.8 cm³/mol. The zero-order valence-electron chi connectivity index (χ0n) is 11.3. The van der Waals surface area contributed by atoms with Crippen LogP contribution in [0.15, 0.2) is 42.5 Å². The van der Waals surface area contributed by atoms with Crippen molar-refractivity contribution in [1.29, 1.82) is 0 Å². The third-order valence-electron chi connectivity index (χ3n) is 3.07. The quantitative estimate of drug-likeness (QED) is 0.828. The lowest BCUT2D eigenvalue weighted by atomic mass is 10.1. The second kappa shape index (κ2) is 7.53. The van der Waals surface area contributed by atoms with E-state index in [-0.39, 0.29) is 0 Å². The number of benzene rings is 2. The van der Waals surface area contributed by atoms with Crippen molar-refractivity contribution < 1.29 is 4.74 Å². The summed E-state index contributed by atoms with van der Waals surface area (Å²) in [6.45, 7) is 1.35. The van der Waals surface area contributed by atoms with Crippen LogP contribution in [-0.4, -0.2) is 13.7 Å². The fourth-order valence-electron chi connectivity index (χ4n) is 1.99. The van der Waals surface area contributed by atoms with Crippen molar-refractivity contribution >= 4 is 28.9 Å². The molecule has 0 atom stereocenters. The van der Waals surface area contributed by atoms with Gasteiger partial charge in [-0.05, 0) is 41.8 Å².